The Hall–Kier alpha value is -2.05. The van der Waals surface area contributed by atoms with Crippen LogP contribution in [0.3, 0.4) is 0 Å². The van der Waals surface area contributed by atoms with Crippen LogP contribution in [0.2, 0.25) is 5.02 Å². The predicted octanol–water partition coefficient (Wildman–Crippen LogP) is 3.44. The fraction of sp³-hybridized carbons (Fsp3) is 0.235. The van der Waals surface area contributed by atoms with Crippen LogP contribution in [0.1, 0.15) is 22.3 Å². The zero-order valence-electron chi connectivity index (χ0n) is 13.2. The van der Waals surface area contributed by atoms with E-state index in [2.05, 4.69) is 0 Å². The second-order valence-corrected chi connectivity index (χ2v) is 7.79. The van der Waals surface area contributed by atoms with E-state index in [0.29, 0.717) is 16.3 Å². The van der Waals surface area contributed by atoms with Crippen LogP contribution in [0, 0.1) is 6.92 Å². The van der Waals surface area contributed by atoms with E-state index in [9.17, 15) is 13.2 Å². The van der Waals surface area contributed by atoms with Crippen molar-refractivity contribution in [3.8, 4) is 5.75 Å². The molecule has 2 aromatic rings. The number of carbonyl (C=O) groups excluding carboxylic acids is 1. The Balaban J connectivity index is 2.18. The number of nitrogens with zero attached hydrogens (tertiary/aromatic N) is 1. The van der Waals surface area contributed by atoms with E-state index < -0.39 is 10.0 Å². The number of Topliss-reactive ketones (excluding diaryl/α,β-unsaturated/α-hetero) is 1. The number of methoxy groups -OCH3 is 1. The highest BCUT2D eigenvalue weighted by molar-refractivity contribution is 7.92. The van der Waals surface area contributed by atoms with Crippen molar-refractivity contribution >= 4 is 33.1 Å². The van der Waals surface area contributed by atoms with Crippen molar-refractivity contribution in [1.82, 2.24) is 0 Å². The lowest BCUT2D eigenvalue weighted by molar-refractivity contribution is 0.0981. The summed E-state index contributed by atoms with van der Waals surface area (Å²) in [5, 5.41) is 0.379. The average molecular weight is 366 g/mol. The number of rotatable bonds is 3. The van der Waals surface area contributed by atoms with Crippen molar-refractivity contribution in [3.05, 3.63) is 52.5 Å². The molecule has 0 saturated carbocycles. The zero-order chi connectivity index (χ0) is 17.5. The number of aryl methyl sites for hydroxylation is 1. The summed E-state index contributed by atoms with van der Waals surface area (Å²) in [6.45, 7) is 1.87. The van der Waals surface area contributed by atoms with E-state index in [4.69, 9.17) is 16.3 Å². The monoisotopic (exact) mass is 365 g/mol. The molecule has 0 fully saturated rings. The van der Waals surface area contributed by atoms with Crippen molar-refractivity contribution in [1.29, 1.82) is 0 Å². The number of carbonyl (C=O) groups is 1. The van der Waals surface area contributed by atoms with Gasteiger partial charge in [0.2, 0.25) is 0 Å². The van der Waals surface area contributed by atoms with Crippen LogP contribution < -0.4 is 9.04 Å². The molecule has 0 amide bonds. The van der Waals surface area contributed by atoms with Gasteiger partial charge in [0.05, 0.1) is 12.0 Å². The average Bonchev–Trinajstić information content (AvgIpc) is 2.57. The van der Waals surface area contributed by atoms with Gasteiger partial charge in [-0.15, -0.1) is 0 Å². The zero-order valence-corrected chi connectivity index (χ0v) is 14.8. The van der Waals surface area contributed by atoms with Gasteiger partial charge in [-0.05, 0) is 36.8 Å². The van der Waals surface area contributed by atoms with E-state index in [1.54, 1.807) is 31.2 Å². The number of anilines is 1. The molecule has 0 atom stereocenters. The number of benzene rings is 2. The highest BCUT2D eigenvalue weighted by Crippen LogP contribution is 2.39. The molecule has 3 rings (SSSR count). The third kappa shape index (κ3) is 2.65. The number of hydrogen-bond acceptors (Lipinski definition) is 4. The van der Waals surface area contributed by atoms with Gasteiger partial charge < -0.3 is 4.74 Å². The highest BCUT2D eigenvalue weighted by atomic mass is 35.5. The summed E-state index contributed by atoms with van der Waals surface area (Å²) < 4.78 is 32.7. The maximum absolute atomic E-state index is 13.1. The largest absolute Gasteiger partial charge is 0.495 e. The molecule has 0 aliphatic carbocycles. The Kier molecular flexibility index (Phi) is 4.27. The van der Waals surface area contributed by atoms with Crippen molar-refractivity contribution < 1.29 is 17.9 Å². The second-order valence-electron chi connectivity index (χ2n) is 5.52. The summed E-state index contributed by atoms with van der Waals surface area (Å²) in [6, 6.07) is 9.54. The lowest BCUT2D eigenvalue weighted by Crippen LogP contribution is -2.37. The summed E-state index contributed by atoms with van der Waals surface area (Å²) in [5.74, 6) is 0.250. The van der Waals surface area contributed by atoms with E-state index in [1.807, 2.05) is 0 Å². The van der Waals surface area contributed by atoms with Crippen LogP contribution >= 0.6 is 11.6 Å². The number of fused-ring (bicyclic) bond motifs is 1. The van der Waals surface area contributed by atoms with E-state index in [-0.39, 0.29) is 29.3 Å². The highest BCUT2D eigenvalue weighted by Gasteiger charge is 2.34. The molecule has 1 heterocycles. The summed E-state index contributed by atoms with van der Waals surface area (Å²) in [7, 11) is -2.41. The Labute approximate surface area is 145 Å². The molecule has 0 saturated heterocycles. The first-order chi connectivity index (χ1) is 11.4. The molecule has 7 heteroatoms. The van der Waals surface area contributed by atoms with Gasteiger partial charge >= 0.3 is 0 Å². The van der Waals surface area contributed by atoms with Crippen molar-refractivity contribution in [2.75, 3.05) is 18.0 Å². The molecular weight excluding hydrogens is 350 g/mol. The van der Waals surface area contributed by atoms with Crippen molar-refractivity contribution in [3.63, 3.8) is 0 Å². The first-order valence-corrected chi connectivity index (χ1v) is 9.17. The van der Waals surface area contributed by atoms with Gasteiger partial charge in [0.15, 0.2) is 5.78 Å². The Morgan fingerprint density at radius 2 is 1.96 bits per heavy atom. The molecule has 126 valence electrons. The first kappa shape index (κ1) is 16.8. The van der Waals surface area contributed by atoms with E-state index in [1.165, 1.54) is 23.5 Å². The molecule has 0 N–H and O–H groups in total. The SMILES string of the molecule is COc1cccc2c1N(S(=O)(=O)c1ccc(C)c(Cl)c1)CCC2=O. The number of ether oxygens (including phenoxy) is 1. The van der Waals surface area contributed by atoms with Gasteiger partial charge in [0.1, 0.15) is 11.4 Å². The molecule has 0 radical (unpaired) electrons. The molecule has 0 spiro atoms. The van der Waals surface area contributed by atoms with Gasteiger partial charge in [0.25, 0.3) is 10.0 Å². The van der Waals surface area contributed by atoms with E-state index in [0.717, 1.165) is 5.56 Å². The fourth-order valence-electron chi connectivity index (χ4n) is 2.72. The molecular formula is C17H16ClNO4S. The number of sulfonamides is 1. The minimum Gasteiger partial charge on any atom is -0.495 e. The summed E-state index contributed by atoms with van der Waals surface area (Å²) in [4.78, 5) is 12.3. The predicted molar refractivity (Wildman–Crippen MR) is 92.7 cm³/mol. The summed E-state index contributed by atoms with van der Waals surface area (Å²) in [5.41, 5.74) is 1.43. The van der Waals surface area contributed by atoms with Crippen molar-refractivity contribution in [2.24, 2.45) is 0 Å². The van der Waals surface area contributed by atoms with Gasteiger partial charge in [0, 0.05) is 23.6 Å². The molecule has 1 aliphatic heterocycles. The first-order valence-electron chi connectivity index (χ1n) is 7.35. The minimum absolute atomic E-state index is 0.0695. The molecule has 0 aromatic heterocycles. The van der Waals surface area contributed by atoms with Crippen LogP contribution in [0.25, 0.3) is 0 Å². The number of ketones is 1. The Morgan fingerprint density at radius 3 is 2.62 bits per heavy atom. The molecule has 0 unspecified atom stereocenters. The van der Waals surface area contributed by atoms with Crippen molar-refractivity contribution in [2.45, 2.75) is 18.2 Å². The molecule has 2 aromatic carbocycles. The van der Waals surface area contributed by atoms with Gasteiger partial charge in [-0.1, -0.05) is 23.7 Å². The molecule has 1 aliphatic rings. The minimum atomic E-state index is -3.85. The summed E-state index contributed by atoms with van der Waals surface area (Å²) >= 11 is 6.08. The number of halogens is 1. The van der Waals surface area contributed by atoms with Gasteiger partial charge in [-0.2, -0.15) is 0 Å². The quantitative estimate of drug-likeness (QED) is 0.835. The number of para-hydroxylation sites is 1. The lowest BCUT2D eigenvalue weighted by Gasteiger charge is -2.31. The maximum atomic E-state index is 13.1. The van der Waals surface area contributed by atoms with Crippen LogP contribution in [0.5, 0.6) is 5.75 Å². The standard InChI is InChI=1S/C17H16ClNO4S/c1-11-6-7-12(10-14(11)18)24(21,22)19-9-8-15(20)13-4-3-5-16(23-2)17(13)19/h3-7,10H,8-9H2,1-2H3. The second kappa shape index (κ2) is 6.11. The molecule has 24 heavy (non-hydrogen) atoms. The fourth-order valence-corrected chi connectivity index (χ4v) is 4.49. The maximum Gasteiger partial charge on any atom is 0.264 e. The Morgan fingerprint density at radius 1 is 1.21 bits per heavy atom. The smallest absolute Gasteiger partial charge is 0.264 e. The third-order valence-electron chi connectivity index (χ3n) is 4.04. The van der Waals surface area contributed by atoms with Crippen LogP contribution in [-0.2, 0) is 10.0 Å². The number of hydrogen-bond donors (Lipinski definition) is 0. The Bertz CT molecular complexity index is 924. The molecule has 5 nitrogen and oxygen atoms in total. The van der Waals surface area contributed by atoms with Gasteiger partial charge in [-0.25, -0.2) is 8.42 Å². The summed E-state index contributed by atoms with van der Waals surface area (Å²) in [6.07, 6.45) is 0.124. The topological polar surface area (TPSA) is 63.7 Å². The van der Waals surface area contributed by atoms with E-state index >= 15 is 0 Å². The molecule has 0 bridgehead atoms. The van der Waals surface area contributed by atoms with Crippen LogP contribution in [0.4, 0.5) is 5.69 Å². The lowest BCUT2D eigenvalue weighted by atomic mass is 10.0. The third-order valence-corrected chi connectivity index (χ3v) is 6.24. The van der Waals surface area contributed by atoms with Crippen LogP contribution in [0.15, 0.2) is 41.3 Å². The van der Waals surface area contributed by atoms with Crippen LogP contribution in [-0.4, -0.2) is 27.9 Å². The normalized spacial score (nSPS) is 14.5. The van der Waals surface area contributed by atoms with Gasteiger partial charge in [-0.3, -0.25) is 9.10 Å².